The van der Waals surface area contributed by atoms with Crippen molar-refractivity contribution in [3.63, 3.8) is 0 Å². The minimum absolute atomic E-state index is 0.682. The van der Waals surface area contributed by atoms with E-state index in [0.717, 1.165) is 33.7 Å². The van der Waals surface area contributed by atoms with Crippen molar-refractivity contribution in [3.8, 4) is 0 Å². The second-order valence-corrected chi connectivity index (χ2v) is 5.58. The molecule has 0 unspecified atom stereocenters. The van der Waals surface area contributed by atoms with E-state index < -0.39 is 0 Å². The molecule has 0 aliphatic carbocycles. The lowest BCUT2D eigenvalue weighted by atomic mass is 10.2. The molecule has 0 atom stereocenters. The van der Waals surface area contributed by atoms with Gasteiger partial charge in [-0.25, -0.2) is 9.97 Å². The van der Waals surface area contributed by atoms with Crippen molar-refractivity contribution in [2.75, 3.05) is 0 Å². The molecule has 4 heteroatoms. The fourth-order valence-corrected chi connectivity index (χ4v) is 2.68. The van der Waals surface area contributed by atoms with Crippen LogP contribution in [-0.4, -0.2) is 19.9 Å². The number of nitrogens with zero attached hydrogens (tertiary/aromatic N) is 2. The smallest absolute Gasteiger partial charge is 0.114 e. The first kappa shape index (κ1) is 12.1. The number of benzene rings is 2. The van der Waals surface area contributed by atoms with E-state index in [1.54, 1.807) is 0 Å². The van der Waals surface area contributed by atoms with Gasteiger partial charge in [0.15, 0.2) is 0 Å². The third kappa shape index (κ3) is 2.18. The van der Waals surface area contributed by atoms with Gasteiger partial charge in [0, 0.05) is 0 Å². The summed E-state index contributed by atoms with van der Waals surface area (Å²) in [5.41, 5.74) is 6.63. The first-order valence-electron chi connectivity index (χ1n) is 7.08. The maximum Gasteiger partial charge on any atom is 0.114 e. The van der Waals surface area contributed by atoms with Crippen LogP contribution in [-0.2, 0) is 6.42 Å². The molecule has 0 radical (unpaired) electrons. The van der Waals surface area contributed by atoms with Crippen LogP contribution in [0.4, 0.5) is 0 Å². The molecular weight excluding hydrogens is 260 g/mol. The number of fused-ring (bicyclic) bond motifs is 2. The summed E-state index contributed by atoms with van der Waals surface area (Å²) in [7, 11) is 0. The topological polar surface area (TPSA) is 57.4 Å². The predicted molar refractivity (Wildman–Crippen MR) is 84.5 cm³/mol. The molecule has 0 aliphatic heterocycles. The summed E-state index contributed by atoms with van der Waals surface area (Å²) < 4.78 is 0. The van der Waals surface area contributed by atoms with Crippen molar-refractivity contribution >= 4 is 22.1 Å². The van der Waals surface area contributed by atoms with E-state index >= 15 is 0 Å². The van der Waals surface area contributed by atoms with Gasteiger partial charge in [-0.1, -0.05) is 12.1 Å². The lowest BCUT2D eigenvalue weighted by Gasteiger charge is -1.91. The summed E-state index contributed by atoms with van der Waals surface area (Å²) in [5, 5.41) is 0. The monoisotopic (exact) mass is 276 g/mol. The second-order valence-electron chi connectivity index (χ2n) is 5.58. The van der Waals surface area contributed by atoms with E-state index in [-0.39, 0.29) is 0 Å². The molecule has 4 aromatic rings. The number of nitrogens with one attached hydrogen (secondary N) is 2. The molecule has 2 heterocycles. The maximum absolute atomic E-state index is 4.62. The standard InChI is InChI=1S/C17H16N4/c1-10-3-5-12-14(7-10)20-16(18-12)9-17-19-13-6-4-11(2)8-15(13)21-17/h3-8H,9H2,1-2H3,(H,18,20)(H,19,21). The number of hydrogen-bond acceptors (Lipinski definition) is 2. The molecular formula is C17H16N4. The summed E-state index contributed by atoms with van der Waals surface area (Å²) in [4.78, 5) is 16.0. The Bertz CT molecular complexity index is 868. The molecule has 0 saturated carbocycles. The fourth-order valence-electron chi connectivity index (χ4n) is 2.68. The molecule has 104 valence electrons. The predicted octanol–water partition coefficient (Wildman–Crippen LogP) is 3.65. The molecule has 4 rings (SSSR count). The van der Waals surface area contributed by atoms with Gasteiger partial charge in [0.2, 0.25) is 0 Å². The molecule has 0 bridgehead atoms. The van der Waals surface area contributed by atoms with Crippen LogP contribution in [0.1, 0.15) is 22.8 Å². The van der Waals surface area contributed by atoms with Crippen LogP contribution < -0.4 is 0 Å². The third-order valence-corrected chi connectivity index (χ3v) is 3.71. The number of aryl methyl sites for hydroxylation is 2. The van der Waals surface area contributed by atoms with E-state index in [1.165, 1.54) is 11.1 Å². The highest BCUT2D eigenvalue weighted by molar-refractivity contribution is 5.77. The Labute approximate surface area is 122 Å². The van der Waals surface area contributed by atoms with E-state index in [2.05, 4.69) is 58.0 Å². The fraction of sp³-hybridized carbons (Fsp3) is 0.176. The largest absolute Gasteiger partial charge is 0.342 e. The number of H-pyrrole nitrogens is 2. The van der Waals surface area contributed by atoms with Gasteiger partial charge in [0.05, 0.1) is 28.5 Å². The Morgan fingerprint density at radius 1 is 0.762 bits per heavy atom. The van der Waals surface area contributed by atoms with Crippen molar-refractivity contribution in [1.29, 1.82) is 0 Å². The minimum Gasteiger partial charge on any atom is -0.342 e. The molecule has 0 aliphatic rings. The molecule has 4 nitrogen and oxygen atoms in total. The first-order valence-corrected chi connectivity index (χ1v) is 7.08. The van der Waals surface area contributed by atoms with Crippen molar-refractivity contribution in [3.05, 3.63) is 59.2 Å². The van der Waals surface area contributed by atoms with Gasteiger partial charge < -0.3 is 9.97 Å². The Morgan fingerprint density at radius 3 is 1.71 bits per heavy atom. The van der Waals surface area contributed by atoms with Gasteiger partial charge in [-0.2, -0.15) is 0 Å². The minimum atomic E-state index is 0.682. The van der Waals surface area contributed by atoms with E-state index in [1.807, 2.05) is 12.1 Å². The Hall–Kier alpha value is -2.62. The lowest BCUT2D eigenvalue weighted by Crippen LogP contribution is -1.92. The van der Waals surface area contributed by atoms with Crippen molar-refractivity contribution < 1.29 is 0 Å². The van der Waals surface area contributed by atoms with E-state index in [9.17, 15) is 0 Å². The molecule has 2 aromatic carbocycles. The Balaban J connectivity index is 1.71. The van der Waals surface area contributed by atoms with Crippen LogP contribution in [0.3, 0.4) is 0 Å². The molecule has 2 N–H and O–H groups in total. The molecule has 0 fully saturated rings. The second kappa shape index (κ2) is 4.45. The number of rotatable bonds is 2. The van der Waals surface area contributed by atoms with E-state index in [4.69, 9.17) is 0 Å². The molecule has 0 spiro atoms. The summed E-state index contributed by atoms with van der Waals surface area (Å²) in [6, 6.07) is 12.5. The van der Waals surface area contributed by atoms with Gasteiger partial charge >= 0.3 is 0 Å². The van der Waals surface area contributed by atoms with E-state index in [0.29, 0.717) is 6.42 Å². The summed E-state index contributed by atoms with van der Waals surface area (Å²) in [6.07, 6.45) is 0.682. The number of aromatic amines is 2. The summed E-state index contributed by atoms with van der Waals surface area (Å²) in [5.74, 6) is 1.87. The quantitative estimate of drug-likeness (QED) is 0.587. The van der Waals surface area contributed by atoms with Crippen LogP contribution in [0, 0.1) is 13.8 Å². The van der Waals surface area contributed by atoms with Crippen LogP contribution in [0.15, 0.2) is 36.4 Å². The number of imidazole rings is 2. The summed E-state index contributed by atoms with van der Waals surface area (Å²) >= 11 is 0. The van der Waals surface area contributed by atoms with Crippen LogP contribution in [0.25, 0.3) is 22.1 Å². The van der Waals surface area contributed by atoms with Gasteiger partial charge in [-0.05, 0) is 49.2 Å². The SMILES string of the molecule is Cc1ccc2nc(Cc3nc4ccc(C)cc4[nH]3)[nH]c2c1. The number of aromatic nitrogens is 4. The Kier molecular flexibility index (Phi) is 2.57. The Morgan fingerprint density at radius 2 is 1.24 bits per heavy atom. The van der Waals surface area contributed by atoms with Gasteiger partial charge in [-0.3, -0.25) is 0 Å². The highest BCUT2D eigenvalue weighted by atomic mass is 15.0. The first-order chi connectivity index (χ1) is 10.2. The number of hydrogen-bond donors (Lipinski definition) is 2. The van der Waals surface area contributed by atoms with Crippen molar-refractivity contribution in [1.82, 2.24) is 19.9 Å². The third-order valence-electron chi connectivity index (χ3n) is 3.71. The zero-order chi connectivity index (χ0) is 14.4. The van der Waals surface area contributed by atoms with Crippen LogP contribution in [0.2, 0.25) is 0 Å². The zero-order valence-electron chi connectivity index (χ0n) is 12.1. The summed E-state index contributed by atoms with van der Waals surface area (Å²) in [6.45, 7) is 4.17. The normalized spacial score (nSPS) is 11.5. The highest BCUT2D eigenvalue weighted by Crippen LogP contribution is 2.17. The average Bonchev–Trinajstić information content (AvgIpc) is 3.00. The van der Waals surface area contributed by atoms with Crippen molar-refractivity contribution in [2.24, 2.45) is 0 Å². The van der Waals surface area contributed by atoms with Gasteiger partial charge in [0.1, 0.15) is 11.6 Å². The van der Waals surface area contributed by atoms with Gasteiger partial charge in [-0.15, -0.1) is 0 Å². The zero-order valence-corrected chi connectivity index (χ0v) is 12.1. The van der Waals surface area contributed by atoms with Crippen LogP contribution >= 0.6 is 0 Å². The molecule has 0 saturated heterocycles. The highest BCUT2D eigenvalue weighted by Gasteiger charge is 2.08. The average molecular weight is 276 g/mol. The van der Waals surface area contributed by atoms with Crippen molar-refractivity contribution in [2.45, 2.75) is 20.3 Å². The van der Waals surface area contributed by atoms with Crippen LogP contribution in [0.5, 0.6) is 0 Å². The maximum atomic E-state index is 4.62. The molecule has 21 heavy (non-hydrogen) atoms. The molecule has 0 amide bonds. The molecule has 2 aromatic heterocycles. The van der Waals surface area contributed by atoms with Gasteiger partial charge in [0.25, 0.3) is 0 Å². The lowest BCUT2D eigenvalue weighted by molar-refractivity contribution is 0.960.